The summed E-state index contributed by atoms with van der Waals surface area (Å²) < 4.78 is 0. The lowest BCUT2D eigenvalue weighted by Gasteiger charge is -2.32. The van der Waals surface area contributed by atoms with Gasteiger partial charge in [-0.3, -0.25) is 33.6 Å². The lowest BCUT2D eigenvalue weighted by atomic mass is 10.0. The summed E-state index contributed by atoms with van der Waals surface area (Å²) in [6.45, 7) is 6.37. The van der Waals surface area contributed by atoms with E-state index in [4.69, 9.17) is 5.73 Å². The van der Waals surface area contributed by atoms with Crippen LogP contribution in [0.15, 0.2) is 24.3 Å². The minimum atomic E-state index is -1.59. The van der Waals surface area contributed by atoms with E-state index < -0.39 is 102 Å². The number of aliphatic hydroxyl groups is 3. The molecule has 424 valence electrons. The number of unbranched alkanes of at least 4 members (excludes halogenated alkanes) is 12. The van der Waals surface area contributed by atoms with Crippen molar-refractivity contribution in [3.8, 4) is 5.75 Å². The van der Waals surface area contributed by atoms with Gasteiger partial charge in [0.2, 0.25) is 41.4 Å². The highest BCUT2D eigenvalue weighted by Crippen LogP contribution is 2.24. The maximum absolute atomic E-state index is 14.4. The highest BCUT2D eigenvalue weighted by atomic mass is 16.4. The molecule has 0 radical (unpaired) electrons. The van der Waals surface area contributed by atoms with Gasteiger partial charge in [-0.2, -0.15) is 0 Å². The number of benzene rings is 1. The van der Waals surface area contributed by atoms with Crippen molar-refractivity contribution in [1.82, 2.24) is 36.4 Å². The van der Waals surface area contributed by atoms with Crippen LogP contribution < -0.4 is 32.3 Å². The van der Waals surface area contributed by atoms with Crippen LogP contribution in [0.2, 0.25) is 0 Å². The van der Waals surface area contributed by atoms with E-state index in [1.54, 1.807) is 19.1 Å². The fraction of sp³-hybridized carbons (Fsp3) is 0.741. The summed E-state index contributed by atoms with van der Waals surface area (Å²) >= 11 is 0. The molecule has 0 spiro atoms. The normalized spacial score (nSPS) is 19.8. The second-order valence-electron chi connectivity index (χ2n) is 20.5. The van der Waals surface area contributed by atoms with Crippen LogP contribution in [0.4, 0.5) is 0 Å². The number of carbonyl (C=O) groups excluding carboxylic acids is 7. The summed E-state index contributed by atoms with van der Waals surface area (Å²) in [7, 11) is 0. The number of amides is 7. The smallest absolute Gasteiger partial charge is 0.326 e. The molecule has 2 saturated heterocycles. The molecule has 12 N–H and O–H groups in total. The third-order valence-electron chi connectivity index (χ3n) is 14.1. The topological polar surface area (TPSA) is 330 Å². The van der Waals surface area contributed by atoms with Crippen molar-refractivity contribution in [2.75, 3.05) is 19.6 Å². The van der Waals surface area contributed by atoms with Crippen molar-refractivity contribution in [2.24, 2.45) is 5.73 Å². The van der Waals surface area contributed by atoms with E-state index in [9.17, 15) is 63.9 Å². The number of hydrogen-bond acceptors (Lipinski definition) is 13. The van der Waals surface area contributed by atoms with Gasteiger partial charge in [-0.25, -0.2) is 4.79 Å². The van der Waals surface area contributed by atoms with Crippen molar-refractivity contribution < 1.29 is 63.9 Å². The lowest BCUT2D eigenvalue weighted by molar-refractivity contribution is -0.145. The SMILES string of the molecule is CCCCCCCCCCCCCCCC(=O)N[C@@H](CCC)C(=O)N[C@H](C(=O)N1C[C@H](O)C[C@H]1C(=O)N[C@@H](CCc1ccc(O)cc1)C(=O)N[C@@H](CCCN)C(=O)N1C[C@H](O)C[C@H]1C(=O)N[C@@H](CC)C(=O)O)[C@@H](C)O. The predicted octanol–water partition coefficient (Wildman–Crippen LogP) is 2.57. The number of aliphatic carboxylic acids is 1. The first kappa shape index (κ1) is 63.9. The van der Waals surface area contributed by atoms with Crippen LogP contribution in [0.25, 0.3) is 0 Å². The van der Waals surface area contributed by atoms with Crippen molar-refractivity contribution in [3.63, 3.8) is 0 Å². The first-order valence-corrected chi connectivity index (χ1v) is 27.7. The van der Waals surface area contributed by atoms with E-state index in [2.05, 4.69) is 33.5 Å². The molecule has 2 aliphatic rings. The van der Waals surface area contributed by atoms with Gasteiger partial charge in [0, 0.05) is 32.4 Å². The van der Waals surface area contributed by atoms with Crippen LogP contribution in [0.5, 0.6) is 5.75 Å². The highest BCUT2D eigenvalue weighted by molar-refractivity contribution is 5.98. The van der Waals surface area contributed by atoms with E-state index >= 15 is 0 Å². The number of β-amino-alcohol motifs (C(OH)–C–C–N with tert-alkyl or cyclic N) is 2. The molecule has 21 nitrogen and oxygen atoms in total. The Labute approximate surface area is 443 Å². The van der Waals surface area contributed by atoms with Gasteiger partial charge < -0.3 is 67.7 Å². The Morgan fingerprint density at radius 3 is 1.59 bits per heavy atom. The number of hydrogen-bond donors (Lipinski definition) is 11. The molecule has 2 aliphatic heterocycles. The summed E-state index contributed by atoms with van der Waals surface area (Å²) in [4.78, 5) is 111. The summed E-state index contributed by atoms with van der Waals surface area (Å²) in [5, 5.41) is 64.9. The molecule has 21 heteroatoms. The first-order chi connectivity index (χ1) is 35.8. The van der Waals surface area contributed by atoms with E-state index in [0.29, 0.717) is 18.4 Å². The average Bonchev–Trinajstić information content (AvgIpc) is 3.98. The van der Waals surface area contributed by atoms with Gasteiger partial charge >= 0.3 is 5.97 Å². The number of aliphatic hydroxyl groups excluding tert-OH is 3. The summed E-state index contributed by atoms with van der Waals surface area (Å²) in [5.74, 6) is -6.43. The zero-order valence-electron chi connectivity index (χ0n) is 44.9. The molecule has 3 rings (SSSR count). The molecule has 0 bridgehead atoms. The largest absolute Gasteiger partial charge is 0.508 e. The Morgan fingerprint density at radius 1 is 0.600 bits per heavy atom. The van der Waals surface area contributed by atoms with Crippen molar-refractivity contribution >= 4 is 47.3 Å². The fourth-order valence-electron chi connectivity index (χ4n) is 9.73. The number of nitrogens with two attached hydrogens (primary N) is 1. The van der Waals surface area contributed by atoms with Crippen LogP contribution in [0, 0.1) is 0 Å². The number of aromatic hydroxyl groups is 1. The van der Waals surface area contributed by atoms with Gasteiger partial charge in [-0.15, -0.1) is 0 Å². The van der Waals surface area contributed by atoms with Gasteiger partial charge in [0.1, 0.15) is 48.0 Å². The Kier molecular flexibility index (Phi) is 29.2. The molecule has 2 heterocycles. The second kappa shape index (κ2) is 34.3. The van der Waals surface area contributed by atoms with Gasteiger partial charge in [0.15, 0.2) is 0 Å². The number of phenolic OH excluding ortho intramolecular Hbond substituents is 1. The van der Waals surface area contributed by atoms with Crippen LogP contribution >= 0.6 is 0 Å². The number of nitrogens with zero attached hydrogens (tertiary/aromatic N) is 2. The number of aryl methyl sites for hydroxylation is 1. The Hall–Kier alpha value is -5.38. The third-order valence-corrected chi connectivity index (χ3v) is 14.1. The molecular weight excluding hydrogens is 969 g/mol. The number of carbonyl (C=O) groups is 8. The van der Waals surface area contributed by atoms with Gasteiger partial charge in [-0.05, 0) is 76.1 Å². The third kappa shape index (κ3) is 22.0. The molecule has 0 aromatic heterocycles. The van der Waals surface area contributed by atoms with E-state index in [0.717, 1.165) is 29.1 Å². The number of carboxylic acids is 1. The first-order valence-electron chi connectivity index (χ1n) is 27.7. The maximum atomic E-state index is 14.4. The second-order valence-corrected chi connectivity index (χ2v) is 20.5. The number of nitrogens with one attached hydrogen (secondary N) is 5. The van der Waals surface area contributed by atoms with Gasteiger partial charge in [-0.1, -0.05) is 116 Å². The monoisotopic (exact) mass is 1060 g/mol. The fourth-order valence-corrected chi connectivity index (χ4v) is 9.73. The number of rotatable bonds is 36. The molecule has 0 unspecified atom stereocenters. The van der Waals surface area contributed by atoms with Crippen LogP contribution in [0.1, 0.15) is 175 Å². The number of likely N-dealkylation sites (tertiary alicyclic amines) is 2. The Bertz CT molecular complexity index is 1960. The molecule has 0 aliphatic carbocycles. The molecule has 2 fully saturated rings. The summed E-state index contributed by atoms with van der Waals surface area (Å²) in [5.41, 5.74) is 6.48. The maximum Gasteiger partial charge on any atom is 0.326 e. The van der Waals surface area contributed by atoms with Crippen LogP contribution in [-0.4, -0.2) is 163 Å². The van der Waals surface area contributed by atoms with Crippen molar-refractivity contribution in [3.05, 3.63) is 29.8 Å². The van der Waals surface area contributed by atoms with Crippen LogP contribution in [-0.2, 0) is 44.8 Å². The molecule has 10 atom stereocenters. The summed E-state index contributed by atoms with van der Waals surface area (Å²) in [6, 6.07) is -3.08. The average molecular weight is 1060 g/mol. The van der Waals surface area contributed by atoms with Gasteiger partial charge in [0.05, 0.1) is 18.3 Å². The Morgan fingerprint density at radius 2 is 1.09 bits per heavy atom. The highest BCUT2D eigenvalue weighted by Gasteiger charge is 2.45. The number of phenols is 1. The van der Waals surface area contributed by atoms with E-state index in [1.807, 2.05) is 6.92 Å². The molecular formula is C54H90N8O13. The molecule has 1 aromatic rings. The zero-order valence-corrected chi connectivity index (χ0v) is 44.9. The minimum Gasteiger partial charge on any atom is -0.508 e. The van der Waals surface area contributed by atoms with Gasteiger partial charge in [0.25, 0.3) is 0 Å². The lowest BCUT2D eigenvalue weighted by Crippen LogP contribution is -2.61. The Balaban J connectivity index is 1.73. The summed E-state index contributed by atoms with van der Waals surface area (Å²) in [6.07, 6.45) is 12.2. The standard InChI is InChI=1S/C54H90N8O13/c1-5-8-9-10-11-12-13-14-15-16-17-18-19-23-46(67)56-41(21-6-2)49(69)60-47(35(4)63)53(73)62-34-39(66)32-45(62)51(71)58-42(29-26-36-24-27-37(64)28-25-36)48(68)59-43(22-20-30-55)52(72)61-33-38(65)31-44(61)50(70)57-40(7-3)54(74)75/h24-25,27-28,35,38-45,47,63-66H,5-23,26,29-34,55H2,1-4H3,(H,56,67)(H,57,70)(H,58,71)(H,59,68)(H,60,69)(H,74,75)/t35-,38-,39-,40+,41+,42+,43+,44+,45+,47+/m1/s1. The van der Waals surface area contributed by atoms with E-state index in [1.165, 1.54) is 76.8 Å². The molecule has 7 amide bonds. The van der Waals surface area contributed by atoms with Crippen LogP contribution in [0.3, 0.4) is 0 Å². The molecule has 0 saturated carbocycles. The van der Waals surface area contributed by atoms with Crippen molar-refractivity contribution in [2.45, 2.75) is 236 Å². The zero-order chi connectivity index (χ0) is 55.5. The van der Waals surface area contributed by atoms with E-state index in [-0.39, 0.29) is 89.1 Å². The predicted molar refractivity (Wildman–Crippen MR) is 281 cm³/mol. The van der Waals surface area contributed by atoms with Crippen molar-refractivity contribution in [1.29, 1.82) is 0 Å². The quantitative estimate of drug-likeness (QED) is 0.0431. The molecule has 75 heavy (non-hydrogen) atoms. The molecule has 1 aromatic carbocycles. The minimum absolute atomic E-state index is 0.00288. The number of carboxylic acid groups (broad SMARTS) is 1.